The lowest BCUT2D eigenvalue weighted by Gasteiger charge is -2.32. The zero-order valence-electron chi connectivity index (χ0n) is 9.62. The van der Waals surface area contributed by atoms with E-state index in [9.17, 15) is 4.79 Å². The molecule has 15 heavy (non-hydrogen) atoms. The van der Waals surface area contributed by atoms with Gasteiger partial charge in [0.2, 0.25) is 0 Å². The van der Waals surface area contributed by atoms with Crippen molar-refractivity contribution in [2.45, 2.75) is 38.3 Å². The molecule has 0 fully saturated rings. The van der Waals surface area contributed by atoms with Crippen LogP contribution < -0.4 is 5.32 Å². The smallest absolute Gasteiger partial charge is 0.323 e. The third kappa shape index (κ3) is 5.11. The van der Waals surface area contributed by atoms with E-state index in [4.69, 9.17) is 14.9 Å². The summed E-state index contributed by atoms with van der Waals surface area (Å²) in [4.78, 5) is 10.9. The molecule has 0 aromatic rings. The van der Waals surface area contributed by atoms with E-state index < -0.39 is 12.0 Å². The molecule has 0 aliphatic carbocycles. The zero-order chi connectivity index (χ0) is 11.9. The number of carbonyl (C=O) groups is 1. The lowest BCUT2D eigenvalue weighted by atomic mass is 9.94. The molecule has 0 amide bonds. The predicted molar refractivity (Wildman–Crippen MR) is 56.8 cm³/mol. The highest BCUT2D eigenvalue weighted by molar-refractivity contribution is 5.73. The number of carboxylic acids is 1. The molecular formula is C10H21NO4. The minimum atomic E-state index is -0.936. The van der Waals surface area contributed by atoms with E-state index in [0.717, 1.165) is 6.42 Å². The number of aliphatic carboxylic acids is 1. The van der Waals surface area contributed by atoms with Crippen LogP contribution in [0.5, 0.6) is 0 Å². The fraction of sp³-hybridized carbons (Fsp3) is 0.900. The highest BCUT2D eigenvalue weighted by atomic mass is 16.5. The molecule has 2 atom stereocenters. The second-order valence-corrected chi connectivity index (χ2v) is 3.88. The van der Waals surface area contributed by atoms with E-state index in [1.54, 1.807) is 0 Å². The van der Waals surface area contributed by atoms with Crippen molar-refractivity contribution in [3.63, 3.8) is 0 Å². The van der Waals surface area contributed by atoms with Crippen molar-refractivity contribution < 1.29 is 19.7 Å². The Kier molecular flexibility index (Phi) is 6.47. The molecular weight excluding hydrogens is 198 g/mol. The van der Waals surface area contributed by atoms with Gasteiger partial charge in [-0.15, -0.1) is 0 Å². The largest absolute Gasteiger partial charge is 0.480 e. The lowest BCUT2D eigenvalue weighted by Crippen LogP contribution is -2.53. The molecule has 5 nitrogen and oxygen atoms in total. The van der Waals surface area contributed by atoms with E-state index in [-0.39, 0.29) is 18.8 Å². The minimum Gasteiger partial charge on any atom is -0.480 e. The van der Waals surface area contributed by atoms with E-state index in [2.05, 4.69) is 5.32 Å². The van der Waals surface area contributed by atoms with Gasteiger partial charge < -0.3 is 14.9 Å². The molecule has 0 aliphatic heterocycles. The van der Waals surface area contributed by atoms with Gasteiger partial charge in [-0.1, -0.05) is 6.92 Å². The summed E-state index contributed by atoms with van der Waals surface area (Å²) in [5.41, 5.74) is -0.365. The summed E-state index contributed by atoms with van der Waals surface area (Å²) in [6.45, 7) is 4.01. The Bertz CT molecular complexity index is 198. The molecule has 0 bridgehead atoms. The van der Waals surface area contributed by atoms with E-state index in [1.807, 2.05) is 13.8 Å². The summed E-state index contributed by atoms with van der Waals surface area (Å²) in [6.07, 6.45) is 1.28. The van der Waals surface area contributed by atoms with Gasteiger partial charge in [-0.05, 0) is 19.8 Å². The molecule has 0 saturated heterocycles. The van der Waals surface area contributed by atoms with Crippen molar-refractivity contribution in [3.05, 3.63) is 0 Å². The number of methoxy groups -OCH3 is 1. The maximum absolute atomic E-state index is 10.9. The molecule has 3 N–H and O–H groups in total. The molecule has 2 unspecified atom stereocenters. The van der Waals surface area contributed by atoms with Crippen LogP contribution in [-0.4, -0.2) is 48.1 Å². The molecule has 0 rings (SSSR count). The topological polar surface area (TPSA) is 78.8 Å². The van der Waals surface area contributed by atoms with E-state index in [0.29, 0.717) is 6.42 Å². The maximum atomic E-state index is 10.9. The Morgan fingerprint density at radius 2 is 2.20 bits per heavy atom. The summed E-state index contributed by atoms with van der Waals surface area (Å²) in [7, 11) is 1.47. The number of hydrogen-bond acceptors (Lipinski definition) is 4. The van der Waals surface area contributed by atoms with Gasteiger partial charge in [-0.25, -0.2) is 0 Å². The summed E-state index contributed by atoms with van der Waals surface area (Å²) in [5, 5.41) is 20.8. The Morgan fingerprint density at radius 3 is 2.53 bits per heavy atom. The zero-order valence-corrected chi connectivity index (χ0v) is 9.62. The quantitative estimate of drug-likeness (QED) is 0.544. The van der Waals surface area contributed by atoms with Gasteiger partial charge >= 0.3 is 5.97 Å². The molecule has 0 heterocycles. The van der Waals surface area contributed by atoms with Crippen molar-refractivity contribution in [3.8, 4) is 0 Å². The van der Waals surface area contributed by atoms with Gasteiger partial charge in [-0.3, -0.25) is 10.1 Å². The molecule has 0 aromatic heterocycles. The average Bonchev–Trinajstić information content (AvgIpc) is 2.17. The van der Waals surface area contributed by atoms with Crippen LogP contribution in [0.2, 0.25) is 0 Å². The van der Waals surface area contributed by atoms with Crippen molar-refractivity contribution >= 4 is 5.97 Å². The van der Waals surface area contributed by atoms with Gasteiger partial charge in [0.25, 0.3) is 0 Å². The predicted octanol–water partition coefficient (Wildman–Crippen LogP) is 0.227. The molecule has 0 aliphatic rings. The maximum Gasteiger partial charge on any atom is 0.323 e. The van der Waals surface area contributed by atoms with Crippen molar-refractivity contribution in [1.82, 2.24) is 5.32 Å². The van der Waals surface area contributed by atoms with Gasteiger partial charge in [0.15, 0.2) is 0 Å². The van der Waals surface area contributed by atoms with Crippen LogP contribution in [0, 0.1) is 0 Å². The number of ether oxygens (including phenoxy) is 1. The molecule has 0 radical (unpaired) electrons. The highest BCUT2D eigenvalue weighted by Crippen LogP contribution is 2.14. The van der Waals surface area contributed by atoms with Crippen LogP contribution >= 0.6 is 0 Å². The first-order valence-electron chi connectivity index (χ1n) is 5.09. The van der Waals surface area contributed by atoms with Gasteiger partial charge in [0.1, 0.15) is 6.04 Å². The van der Waals surface area contributed by atoms with E-state index in [1.165, 1.54) is 7.11 Å². The van der Waals surface area contributed by atoms with Crippen LogP contribution in [0.1, 0.15) is 26.7 Å². The van der Waals surface area contributed by atoms with Gasteiger partial charge in [0.05, 0.1) is 6.61 Å². The number of aliphatic hydroxyl groups excluding tert-OH is 1. The second kappa shape index (κ2) is 6.76. The van der Waals surface area contributed by atoms with Gasteiger partial charge in [-0.2, -0.15) is 0 Å². The van der Waals surface area contributed by atoms with Crippen LogP contribution in [0.3, 0.4) is 0 Å². The van der Waals surface area contributed by atoms with Crippen LogP contribution in [0.25, 0.3) is 0 Å². The standard InChI is InChI=1S/C10H21NO4/c1-4-10(2,5-6-12)11-8(7-15-3)9(13)14/h8,11-12H,4-7H2,1-3H3,(H,13,14). The summed E-state index contributed by atoms with van der Waals surface area (Å²) in [5.74, 6) is -0.936. The highest BCUT2D eigenvalue weighted by Gasteiger charge is 2.28. The summed E-state index contributed by atoms with van der Waals surface area (Å²) in [6, 6.07) is -0.730. The van der Waals surface area contributed by atoms with E-state index >= 15 is 0 Å². The molecule has 0 aromatic carbocycles. The first-order valence-corrected chi connectivity index (χ1v) is 5.09. The van der Waals surface area contributed by atoms with Gasteiger partial charge in [0, 0.05) is 19.3 Å². The Balaban J connectivity index is 4.39. The van der Waals surface area contributed by atoms with Crippen LogP contribution in [-0.2, 0) is 9.53 Å². The Hall–Kier alpha value is -0.650. The normalized spacial score (nSPS) is 17.1. The first kappa shape index (κ1) is 14.3. The van der Waals surface area contributed by atoms with Crippen molar-refractivity contribution in [2.24, 2.45) is 0 Å². The number of rotatable bonds is 8. The second-order valence-electron chi connectivity index (χ2n) is 3.88. The Morgan fingerprint density at radius 1 is 1.60 bits per heavy atom. The summed E-state index contributed by atoms with van der Waals surface area (Å²) >= 11 is 0. The van der Waals surface area contributed by atoms with Crippen LogP contribution in [0.4, 0.5) is 0 Å². The van der Waals surface area contributed by atoms with Crippen LogP contribution in [0.15, 0.2) is 0 Å². The molecule has 0 saturated carbocycles. The lowest BCUT2D eigenvalue weighted by molar-refractivity contribution is -0.141. The minimum absolute atomic E-state index is 0.0384. The fourth-order valence-corrected chi connectivity index (χ4v) is 1.36. The number of hydrogen-bond donors (Lipinski definition) is 3. The third-order valence-corrected chi connectivity index (χ3v) is 2.60. The number of carboxylic acid groups (broad SMARTS) is 1. The third-order valence-electron chi connectivity index (χ3n) is 2.60. The SMILES string of the molecule is CCC(C)(CCO)NC(COC)C(=O)O. The fourth-order valence-electron chi connectivity index (χ4n) is 1.36. The summed E-state index contributed by atoms with van der Waals surface area (Å²) < 4.78 is 4.83. The first-order chi connectivity index (χ1) is 6.99. The molecule has 5 heteroatoms. The monoisotopic (exact) mass is 219 g/mol. The Labute approximate surface area is 90.4 Å². The average molecular weight is 219 g/mol. The molecule has 90 valence electrons. The van der Waals surface area contributed by atoms with Crippen molar-refractivity contribution in [1.29, 1.82) is 0 Å². The number of aliphatic hydroxyl groups is 1. The van der Waals surface area contributed by atoms with Crippen molar-refractivity contribution in [2.75, 3.05) is 20.3 Å². The number of nitrogens with one attached hydrogen (secondary N) is 1. The molecule has 0 spiro atoms.